The summed E-state index contributed by atoms with van der Waals surface area (Å²) in [7, 11) is 1.60. The first kappa shape index (κ1) is 15.7. The van der Waals surface area contributed by atoms with Crippen LogP contribution in [-0.4, -0.2) is 30.7 Å². The lowest BCUT2D eigenvalue weighted by atomic mass is 10.1. The lowest BCUT2D eigenvalue weighted by Gasteiger charge is -2.11. The second kappa shape index (κ2) is 7.42. The van der Waals surface area contributed by atoms with E-state index >= 15 is 0 Å². The van der Waals surface area contributed by atoms with Crippen LogP contribution in [0.4, 0.5) is 0 Å². The SMILES string of the molecule is COc1cc(CNC(=O)CC[C@@H]2CCCO2)c2ccccc2n1. The molecule has 0 radical (unpaired) electrons. The zero-order valence-corrected chi connectivity index (χ0v) is 13.4. The maximum atomic E-state index is 12.1. The first-order valence-electron chi connectivity index (χ1n) is 8.07. The monoisotopic (exact) mass is 314 g/mol. The molecule has 0 saturated carbocycles. The summed E-state index contributed by atoms with van der Waals surface area (Å²) < 4.78 is 10.8. The first-order valence-corrected chi connectivity index (χ1v) is 8.07. The number of benzene rings is 1. The molecule has 0 unspecified atom stereocenters. The van der Waals surface area contributed by atoms with E-state index in [9.17, 15) is 4.79 Å². The van der Waals surface area contributed by atoms with Crippen LogP contribution >= 0.6 is 0 Å². The third-order valence-electron chi connectivity index (χ3n) is 4.18. The van der Waals surface area contributed by atoms with E-state index < -0.39 is 0 Å². The third kappa shape index (κ3) is 3.99. The van der Waals surface area contributed by atoms with E-state index in [4.69, 9.17) is 9.47 Å². The second-order valence-electron chi connectivity index (χ2n) is 5.79. The first-order chi connectivity index (χ1) is 11.3. The van der Waals surface area contributed by atoms with Crippen LogP contribution in [-0.2, 0) is 16.1 Å². The molecule has 1 amide bonds. The Morgan fingerprint density at radius 1 is 1.43 bits per heavy atom. The summed E-state index contributed by atoms with van der Waals surface area (Å²) in [6.07, 6.45) is 3.73. The van der Waals surface area contributed by atoms with Gasteiger partial charge in [-0.2, -0.15) is 0 Å². The van der Waals surface area contributed by atoms with Gasteiger partial charge in [-0.3, -0.25) is 4.79 Å². The van der Waals surface area contributed by atoms with E-state index in [0.29, 0.717) is 18.8 Å². The Kier molecular flexibility index (Phi) is 5.08. The van der Waals surface area contributed by atoms with Crippen molar-refractivity contribution < 1.29 is 14.3 Å². The smallest absolute Gasteiger partial charge is 0.220 e. The molecule has 0 bridgehead atoms. The molecular weight excluding hydrogens is 292 g/mol. The maximum absolute atomic E-state index is 12.1. The summed E-state index contributed by atoms with van der Waals surface area (Å²) in [6, 6.07) is 9.75. The van der Waals surface area contributed by atoms with Crippen molar-refractivity contribution in [3.63, 3.8) is 0 Å². The fourth-order valence-corrected chi connectivity index (χ4v) is 2.92. The van der Waals surface area contributed by atoms with Gasteiger partial charge in [0, 0.05) is 31.0 Å². The van der Waals surface area contributed by atoms with Gasteiger partial charge in [0.1, 0.15) is 0 Å². The van der Waals surface area contributed by atoms with Crippen LogP contribution in [0.3, 0.4) is 0 Å². The molecule has 2 heterocycles. The summed E-state index contributed by atoms with van der Waals surface area (Å²) in [5.74, 6) is 0.618. The molecule has 1 atom stereocenters. The van der Waals surface area contributed by atoms with Gasteiger partial charge in [-0.05, 0) is 30.9 Å². The number of aromatic nitrogens is 1. The van der Waals surface area contributed by atoms with Gasteiger partial charge in [0.2, 0.25) is 11.8 Å². The number of para-hydroxylation sites is 1. The minimum atomic E-state index is 0.0559. The van der Waals surface area contributed by atoms with Crippen molar-refractivity contribution in [3.05, 3.63) is 35.9 Å². The van der Waals surface area contributed by atoms with E-state index in [0.717, 1.165) is 42.3 Å². The number of ether oxygens (including phenoxy) is 2. The number of hydrogen-bond donors (Lipinski definition) is 1. The zero-order valence-electron chi connectivity index (χ0n) is 13.4. The molecule has 1 aromatic carbocycles. The van der Waals surface area contributed by atoms with Gasteiger partial charge in [-0.25, -0.2) is 4.98 Å². The van der Waals surface area contributed by atoms with Crippen molar-refractivity contribution in [2.75, 3.05) is 13.7 Å². The van der Waals surface area contributed by atoms with Crippen molar-refractivity contribution in [1.29, 1.82) is 0 Å². The van der Waals surface area contributed by atoms with Crippen LogP contribution in [0.1, 0.15) is 31.2 Å². The highest BCUT2D eigenvalue weighted by Crippen LogP contribution is 2.22. The van der Waals surface area contributed by atoms with Crippen LogP contribution in [0.25, 0.3) is 10.9 Å². The second-order valence-corrected chi connectivity index (χ2v) is 5.79. The fourth-order valence-electron chi connectivity index (χ4n) is 2.92. The van der Waals surface area contributed by atoms with Crippen molar-refractivity contribution in [1.82, 2.24) is 10.3 Å². The predicted octanol–water partition coefficient (Wildman–Crippen LogP) is 2.82. The topological polar surface area (TPSA) is 60.5 Å². The molecule has 5 nitrogen and oxygen atoms in total. The molecule has 5 heteroatoms. The molecule has 122 valence electrons. The third-order valence-corrected chi connectivity index (χ3v) is 4.18. The molecule has 1 aromatic heterocycles. The van der Waals surface area contributed by atoms with E-state index in [2.05, 4.69) is 10.3 Å². The molecule has 3 rings (SSSR count). The van der Waals surface area contributed by atoms with Crippen LogP contribution in [0.15, 0.2) is 30.3 Å². The van der Waals surface area contributed by atoms with Gasteiger partial charge in [0.15, 0.2) is 0 Å². The average molecular weight is 314 g/mol. The number of amides is 1. The number of nitrogens with zero attached hydrogens (tertiary/aromatic N) is 1. The molecule has 0 spiro atoms. The van der Waals surface area contributed by atoms with Crippen LogP contribution in [0.2, 0.25) is 0 Å². The zero-order chi connectivity index (χ0) is 16.1. The van der Waals surface area contributed by atoms with Crippen molar-refractivity contribution in [3.8, 4) is 5.88 Å². The number of carbonyl (C=O) groups is 1. The molecule has 1 N–H and O–H groups in total. The van der Waals surface area contributed by atoms with Gasteiger partial charge in [0.25, 0.3) is 0 Å². The normalized spacial score (nSPS) is 17.3. The molecule has 1 saturated heterocycles. The van der Waals surface area contributed by atoms with E-state index in [1.54, 1.807) is 7.11 Å². The van der Waals surface area contributed by atoms with Gasteiger partial charge >= 0.3 is 0 Å². The Hall–Kier alpha value is -2.14. The maximum Gasteiger partial charge on any atom is 0.220 e. The van der Waals surface area contributed by atoms with E-state index in [1.807, 2.05) is 30.3 Å². The summed E-state index contributed by atoms with van der Waals surface area (Å²) in [5.41, 5.74) is 1.88. The molecule has 1 fully saturated rings. The molecular formula is C18H22N2O3. The van der Waals surface area contributed by atoms with Crippen molar-refractivity contribution >= 4 is 16.8 Å². The van der Waals surface area contributed by atoms with Crippen LogP contribution in [0.5, 0.6) is 5.88 Å². The Bertz CT molecular complexity index is 681. The van der Waals surface area contributed by atoms with Crippen molar-refractivity contribution in [2.45, 2.75) is 38.3 Å². The molecule has 23 heavy (non-hydrogen) atoms. The molecule has 1 aliphatic rings. The summed E-state index contributed by atoms with van der Waals surface area (Å²) in [4.78, 5) is 16.5. The highest BCUT2D eigenvalue weighted by atomic mass is 16.5. The Morgan fingerprint density at radius 2 is 2.30 bits per heavy atom. The summed E-state index contributed by atoms with van der Waals surface area (Å²) in [5, 5.41) is 4.02. The van der Waals surface area contributed by atoms with Crippen molar-refractivity contribution in [2.24, 2.45) is 0 Å². The quantitative estimate of drug-likeness (QED) is 0.890. The number of methoxy groups -OCH3 is 1. The van der Waals surface area contributed by atoms with E-state index in [1.165, 1.54) is 0 Å². The minimum absolute atomic E-state index is 0.0559. The van der Waals surface area contributed by atoms with Gasteiger partial charge in [-0.1, -0.05) is 18.2 Å². The number of nitrogens with one attached hydrogen (secondary N) is 1. The number of fused-ring (bicyclic) bond motifs is 1. The fraction of sp³-hybridized carbons (Fsp3) is 0.444. The average Bonchev–Trinajstić information content (AvgIpc) is 3.11. The minimum Gasteiger partial charge on any atom is -0.481 e. The van der Waals surface area contributed by atoms with Crippen LogP contribution in [0, 0.1) is 0 Å². The van der Waals surface area contributed by atoms with Gasteiger partial charge in [0.05, 0.1) is 18.7 Å². The van der Waals surface area contributed by atoms with Gasteiger partial charge in [-0.15, -0.1) is 0 Å². The van der Waals surface area contributed by atoms with Gasteiger partial charge < -0.3 is 14.8 Å². The number of carbonyl (C=O) groups excluding carboxylic acids is 1. The van der Waals surface area contributed by atoms with Crippen LogP contribution < -0.4 is 10.1 Å². The molecule has 1 aliphatic heterocycles. The van der Waals surface area contributed by atoms with E-state index in [-0.39, 0.29) is 12.0 Å². The standard InChI is InChI=1S/C18H22N2O3/c1-22-18-11-13(15-6-2-3-7-16(15)20-18)12-19-17(21)9-8-14-5-4-10-23-14/h2-3,6-7,11,14H,4-5,8-10,12H2,1H3,(H,19,21)/t14-/m0/s1. The highest BCUT2D eigenvalue weighted by molar-refractivity contribution is 5.83. The summed E-state index contributed by atoms with van der Waals surface area (Å²) >= 11 is 0. The Labute approximate surface area is 136 Å². The summed E-state index contributed by atoms with van der Waals surface area (Å²) in [6.45, 7) is 1.30. The lowest BCUT2D eigenvalue weighted by Crippen LogP contribution is -2.24. The number of pyridine rings is 1. The predicted molar refractivity (Wildman–Crippen MR) is 88.3 cm³/mol. The Morgan fingerprint density at radius 3 is 3.09 bits per heavy atom. The lowest BCUT2D eigenvalue weighted by molar-refractivity contribution is -0.121. The molecule has 2 aromatic rings. The largest absolute Gasteiger partial charge is 0.481 e. The molecule has 0 aliphatic carbocycles. The number of hydrogen-bond acceptors (Lipinski definition) is 4. The number of rotatable bonds is 6. The Balaban J connectivity index is 1.62. The highest BCUT2D eigenvalue weighted by Gasteiger charge is 2.16.